The fourth-order valence-corrected chi connectivity index (χ4v) is 2.86. The smallest absolute Gasteiger partial charge is 0.350 e. The average Bonchev–Trinajstić information content (AvgIpc) is 3.01. The maximum absolute atomic E-state index is 12.6. The summed E-state index contributed by atoms with van der Waals surface area (Å²) in [5.74, 6) is -0.0209. The molecule has 26 heavy (non-hydrogen) atoms. The Kier molecular flexibility index (Phi) is 5.26. The SMILES string of the molecule is CCC(=O)NCc1cc2n(n1)CCN(Cc1ccc(C(F)(F)F)nc1)C2. The molecule has 3 rings (SSSR count). The zero-order chi connectivity index (χ0) is 18.7. The van der Waals surface area contributed by atoms with Crippen LogP contribution in [0.5, 0.6) is 0 Å². The lowest BCUT2D eigenvalue weighted by atomic mass is 10.2. The second kappa shape index (κ2) is 7.45. The number of fused-ring (bicyclic) bond motifs is 1. The van der Waals surface area contributed by atoms with E-state index >= 15 is 0 Å². The molecule has 0 saturated heterocycles. The number of pyridine rings is 1. The van der Waals surface area contributed by atoms with E-state index < -0.39 is 11.9 Å². The van der Waals surface area contributed by atoms with Crippen LogP contribution >= 0.6 is 0 Å². The Morgan fingerprint density at radius 3 is 2.77 bits per heavy atom. The van der Waals surface area contributed by atoms with Gasteiger partial charge in [-0.25, -0.2) is 0 Å². The molecule has 9 heteroatoms. The molecular formula is C17H20F3N5O. The minimum absolute atomic E-state index is 0.0209. The van der Waals surface area contributed by atoms with Gasteiger partial charge in [-0.2, -0.15) is 18.3 Å². The number of nitrogens with zero attached hydrogens (tertiary/aromatic N) is 4. The van der Waals surface area contributed by atoms with Gasteiger partial charge in [-0.15, -0.1) is 0 Å². The van der Waals surface area contributed by atoms with Gasteiger partial charge in [0.15, 0.2) is 0 Å². The molecule has 1 aliphatic rings. The largest absolute Gasteiger partial charge is 0.433 e. The maximum atomic E-state index is 12.6. The van der Waals surface area contributed by atoms with Gasteiger partial charge in [-0.3, -0.25) is 19.4 Å². The van der Waals surface area contributed by atoms with Crippen LogP contribution in [0.25, 0.3) is 0 Å². The Morgan fingerprint density at radius 1 is 1.31 bits per heavy atom. The Hall–Kier alpha value is -2.42. The number of amides is 1. The number of nitrogens with one attached hydrogen (secondary N) is 1. The van der Waals surface area contributed by atoms with Crippen LogP contribution in [0.2, 0.25) is 0 Å². The molecular weight excluding hydrogens is 347 g/mol. The maximum Gasteiger partial charge on any atom is 0.433 e. The second-order valence-corrected chi connectivity index (χ2v) is 6.24. The van der Waals surface area contributed by atoms with Crippen molar-refractivity contribution in [2.24, 2.45) is 0 Å². The van der Waals surface area contributed by atoms with Gasteiger partial charge in [-0.1, -0.05) is 13.0 Å². The first-order chi connectivity index (χ1) is 12.3. The molecule has 1 aliphatic heterocycles. The molecule has 0 aliphatic carbocycles. The monoisotopic (exact) mass is 367 g/mol. The first kappa shape index (κ1) is 18.4. The molecule has 0 bridgehead atoms. The normalized spacial score (nSPS) is 14.9. The number of alkyl halides is 3. The van der Waals surface area contributed by atoms with Crippen molar-refractivity contribution >= 4 is 5.91 Å². The molecule has 0 fully saturated rings. The van der Waals surface area contributed by atoms with E-state index in [1.165, 1.54) is 12.3 Å². The first-order valence-electron chi connectivity index (χ1n) is 8.42. The Morgan fingerprint density at radius 2 is 2.12 bits per heavy atom. The van der Waals surface area contributed by atoms with E-state index in [2.05, 4.69) is 20.3 Å². The van der Waals surface area contributed by atoms with Gasteiger partial charge < -0.3 is 5.32 Å². The molecule has 2 aromatic rings. The summed E-state index contributed by atoms with van der Waals surface area (Å²) in [7, 11) is 0. The second-order valence-electron chi connectivity index (χ2n) is 6.24. The van der Waals surface area contributed by atoms with Crippen LogP contribution in [0.4, 0.5) is 13.2 Å². The third kappa shape index (κ3) is 4.40. The van der Waals surface area contributed by atoms with Crippen molar-refractivity contribution in [2.75, 3.05) is 6.54 Å². The van der Waals surface area contributed by atoms with Gasteiger partial charge in [0.25, 0.3) is 0 Å². The van der Waals surface area contributed by atoms with Crippen LogP contribution in [0, 0.1) is 0 Å². The zero-order valence-corrected chi connectivity index (χ0v) is 14.4. The van der Waals surface area contributed by atoms with Gasteiger partial charge >= 0.3 is 6.18 Å². The van der Waals surface area contributed by atoms with E-state index in [-0.39, 0.29) is 5.91 Å². The van der Waals surface area contributed by atoms with Crippen molar-refractivity contribution in [1.29, 1.82) is 0 Å². The molecule has 0 saturated carbocycles. The van der Waals surface area contributed by atoms with Gasteiger partial charge in [0, 0.05) is 32.3 Å². The van der Waals surface area contributed by atoms with Crippen molar-refractivity contribution < 1.29 is 18.0 Å². The lowest BCUT2D eigenvalue weighted by Gasteiger charge is -2.27. The molecule has 0 atom stereocenters. The standard InChI is InChI=1S/C17H20F3N5O/c1-2-16(26)22-9-13-7-14-11-24(5-6-25(14)23-13)10-12-3-4-15(21-8-12)17(18,19)20/h3-4,7-8H,2,5-6,9-11H2,1H3,(H,22,26). The van der Waals surface area contributed by atoms with Crippen LogP contribution in [-0.2, 0) is 37.1 Å². The van der Waals surface area contributed by atoms with Gasteiger partial charge in [0.05, 0.1) is 24.5 Å². The van der Waals surface area contributed by atoms with Crippen LogP contribution in [0.1, 0.15) is 36.0 Å². The fourth-order valence-electron chi connectivity index (χ4n) is 2.86. The summed E-state index contributed by atoms with van der Waals surface area (Å²) in [6.07, 6.45) is -2.71. The molecule has 0 radical (unpaired) electrons. The minimum Gasteiger partial charge on any atom is -0.350 e. The number of carbonyl (C=O) groups excluding carboxylic acids is 1. The molecule has 0 unspecified atom stereocenters. The topological polar surface area (TPSA) is 63.1 Å². The highest BCUT2D eigenvalue weighted by molar-refractivity contribution is 5.75. The highest BCUT2D eigenvalue weighted by Crippen LogP contribution is 2.27. The lowest BCUT2D eigenvalue weighted by molar-refractivity contribution is -0.141. The highest BCUT2D eigenvalue weighted by atomic mass is 19.4. The number of aromatic nitrogens is 3. The summed E-state index contributed by atoms with van der Waals surface area (Å²) in [4.78, 5) is 17.0. The Labute approximate surface area is 149 Å². The van der Waals surface area contributed by atoms with E-state index in [9.17, 15) is 18.0 Å². The van der Waals surface area contributed by atoms with Crippen molar-refractivity contribution in [3.63, 3.8) is 0 Å². The van der Waals surface area contributed by atoms with E-state index in [0.717, 1.165) is 29.6 Å². The van der Waals surface area contributed by atoms with Gasteiger partial charge in [0.2, 0.25) is 5.91 Å². The molecule has 0 spiro atoms. The van der Waals surface area contributed by atoms with Crippen LogP contribution in [0.15, 0.2) is 24.4 Å². The van der Waals surface area contributed by atoms with Crippen LogP contribution in [0.3, 0.4) is 0 Å². The van der Waals surface area contributed by atoms with E-state index in [1.807, 2.05) is 10.7 Å². The van der Waals surface area contributed by atoms with Crippen molar-refractivity contribution in [3.05, 3.63) is 47.0 Å². The lowest BCUT2D eigenvalue weighted by Crippen LogP contribution is -2.33. The summed E-state index contributed by atoms with van der Waals surface area (Å²) in [6.45, 7) is 4.81. The van der Waals surface area contributed by atoms with Gasteiger partial charge in [-0.05, 0) is 17.7 Å². The van der Waals surface area contributed by atoms with Gasteiger partial charge in [0.1, 0.15) is 5.69 Å². The number of carbonyl (C=O) groups is 1. The highest BCUT2D eigenvalue weighted by Gasteiger charge is 2.32. The number of hydrogen-bond acceptors (Lipinski definition) is 4. The predicted molar refractivity (Wildman–Crippen MR) is 87.7 cm³/mol. The average molecular weight is 367 g/mol. The summed E-state index contributed by atoms with van der Waals surface area (Å²) >= 11 is 0. The zero-order valence-electron chi connectivity index (χ0n) is 14.4. The molecule has 1 amide bonds. The van der Waals surface area contributed by atoms with Crippen molar-refractivity contribution in [1.82, 2.24) is 25.0 Å². The van der Waals surface area contributed by atoms with Crippen molar-refractivity contribution in [2.45, 2.75) is 45.7 Å². The third-order valence-corrected chi connectivity index (χ3v) is 4.24. The number of halogens is 3. The van der Waals surface area contributed by atoms with Crippen molar-refractivity contribution in [3.8, 4) is 0 Å². The first-order valence-corrected chi connectivity index (χ1v) is 8.42. The van der Waals surface area contributed by atoms with Crippen LogP contribution in [-0.4, -0.2) is 32.1 Å². The molecule has 6 nitrogen and oxygen atoms in total. The quantitative estimate of drug-likeness (QED) is 0.881. The van der Waals surface area contributed by atoms with E-state index in [1.54, 1.807) is 6.92 Å². The number of hydrogen-bond donors (Lipinski definition) is 1. The fraction of sp³-hybridized carbons (Fsp3) is 0.471. The minimum atomic E-state index is -4.42. The summed E-state index contributed by atoms with van der Waals surface area (Å²) < 4.78 is 39.6. The molecule has 140 valence electrons. The summed E-state index contributed by atoms with van der Waals surface area (Å²) in [6, 6.07) is 4.43. The molecule has 2 aromatic heterocycles. The third-order valence-electron chi connectivity index (χ3n) is 4.24. The van der Waals surface area contributed by atoms with E-state index in [4.69, 9.17) is 0 Å². The molecule has 0 aromatic carbocycles. The molecule has 3 heterocycles. The summed E-state index contributed by atoms with van der Waals surface area (Å²) in [5.41, 5.74) is 1.69. The molecule has 1 N–H and O–H groups in total. The number of rotatable bonds is 5. The van der Waals surface area contributed by atoms with Crippen LogP contribution < -0.4 is 5.32 Å². The predicted octanol–water partition coefficient (Wildman–Crippen LogP) is 2.34. The van der Waals surface area contributed by atoms with E-state index in [0.29, 0.717) is 32.6 Å². The Balaban J connectivity index is 1.60. The Bertz CT molecular complexity index is 770. The summed E-state index contributed by atoms with van der Waals surface area (Å²) in [5, 5.41) is 7.27.